The summed E-state index contributed by atoms with van der Waals surface area (Å²) < 4.78 is 57.3. The molecule has 1 aliphatic rings. The molecule has 0 bridgehead atoms. The van der Waals surface area contributed by atoms with Crippen molar-refractivity contribution in [2.24, 2.45) is 0 Å². The number of benzene rings is 2. The van der Waals surface area contributed by atoms with Gasteiger partial charge in [0, 0.05) is 30.8 Å². The number of aromatic amines is 1. The van der Waals surface area contributed by atoms with Crippen LogP contribution in [0.1, 0.15) is 22.4 Å². The van der Waals surface area contributed by atoms with Gasteiger partial charge in [-0.3, -0.25) is 9.69 Å². The van der Waals surface area contributed by atoms with E-state index in [1.54, 1.807) is 0 Å². The molecule has 0 saturated carbocycles. The van der Waals surface area contributed by atoms with Gasteiger partial charge >= 0.3 is 6.18 Å². The molecule has 0 radical (unpaired) electrons. The van der Waals surface area contributed by atoms with Crippen LogP contribution < -0.4 is 10.3 Å². The van der Waals surface area contributed by atoms with Gasteiger partial charge in [-0.15, -0.1) is 0 Å². The van der Waals surface area contributed by atoms with Crippen molar-refractivity contribution in [2.45, 2.75) is 25.7 Å². The molecule has 1 aliphatic heterocycles. The molecule has 2 aromatic carbocycles. The summed E-state index contributed by atoms with van der Waals surface area (Å²) in [5.41, 5.74) is 0.854. The lowest BCUT2D eigenvalue weighted by Crippen LogP contribution is -2.35. The molecular formula is C22H19F4N3O3. The van der Waals surface area contributed by atoms with Crippen LogP contribution in [-0.2, 0) is 25.7 Å². The summed E-state index contributed by atoms with van der Waals surface area (Å²) in [6.45, 7) is 1.16. The fourth-order valence-corrected chi connectivity index (χ4v) is 3.71. The predicted octanol–water partition coefficient (Wildman–Crippen LogP) is 3.87. The fourth-order valence-electron chi connectivity index (χ4n) is 3.71. The molecule has 2 heterocycles. The average molecular weight is 449 g/mol. The Labute approximate surface area is 180 Å². The first kappa shape index (κ1) is 21.8. The van der Waals surface area contributed by atoms with Gasteiger partial charge in [-0.2, -0.15) is 13.2 Å². The van der Waals surface area contributed by atoms with Gasteiger partial charge in [0.25, 0.3) is 5.56 Å². The zero-order valence-corrected chi connectivity index (χ0v) is 17.0. The largest absolute Gasteiger partial charge is 0.502 e. The number of methoxy groups -OCH3 is 1. The van der Waals surface area contributed by atoms with Gasteiger partial charge in [0.1, 0.15) is 5.82 Å². The highest BCUT2D eigenvalue weighted by Gasteiger charge is 2.30. The first-order valence-corrected chi connectivity index (χ1v) is 9.73. The number of rotatable bonds is 4. The van der Waals surface area contributed by atoms with E-state index in [2.05, 4.69) is 9.97 Å². The second kappa shape index (κ2) is 8.27. The van der Waals surface area contributed by atoms with Crippen LogP contribution in [0.5, 0.6) is 11.5 Å². The first-order chi connectivity index (χ1) is 15.2. The van der Waals surface area contributed by atoms with Crippen molar-refractivity contribution in [3.63, 3.8) is 0 Å². The summed E-state index contributed by atoms with van der Waals surface area (Å²) in [6.07, 6.45) is -4.03. The average Bonchev–Trinajstić information content (AvgIpc) is 2.75. The smallest absolute Gasteiger partial charge is 0.416 e. The highest BCUT2D eigenvalue weighted by molar-refractivity contribution is 5.56. The molecule has 10 heteroatoms. The summed E-state index contributed by atoms with van der Waals surface area (Å²) in [4.78, 5) is 21.6. The number of phenolic OH excluding ortho intramolecular Hbond substituents is 1. The number of H-pyrrole nitrogens is 1. The molecule has 3 aromatic rings. The van der Waals surface area contributed by atoms with Gasteiger partial charge in [0.05, 0.1) is 18.4 Å². The van der Waals surface area contributed by atoms with E-state index in [0.717, 1.165) is 12.1 Å². The molecule has 0 aliphatic carbocycles. The molecule has 0 spiro atoms. The van der Waals surface area contributed by atoms with E-state index in [-0.39, 0.29) is 17.1 Å². The second-order valence-corrected chi connectivity index (χ2v) is 7.50. The SMILES string of the molecule is COc1cc(CN2CCc3c(nc(-c4ccc(C(F)(F)F)cc4)[nH]c3=O)C2)cc(F)c1O. The van der Waals surface area contributed by atoms with Crippen LogP contribution in [0.3, 0.4) is 0 Å². The van der Waals surface area contributed by atoms with Crippen LogP contribution in [-0.4, -0.2) is 33.6 Å². The van der Waals surface area contributed by atoms with Gasteiger partial charge in [-0.1, -0.05) is 12.1 Å². The van der Waals surface area contributed by atoms with E-state index < -0.39 is 23.3 Å². The predicted molar refractivity (Wildman–Crippen MR) is 108 cm³/mol. The fraction of sp³-hybridized carbons (Fsp3) is 0.273. The summed E-state index contributed by atoms with van der Waals surface area (Å²) in [6, 6.07) is 7.15. The Morgan fingerprint density at radius 1 is 1.22 bits per heavy atom. The van der Waals surface area contributed by atoms with Gasteiger partial charge in [0.2, 0.25) is 0 Å². The number of nitrogens with one attached hydrogen (secondary N) is 1. The molecule has 0 atom stereocenters. The molecule has 6 nitrogen and oxygen atoms in total. The monoisotopic (exact) mass is 449 g/mol. The van der Waals surface area contributed by atoms with Crippen molar-refractivity contribution in [3.8, 4) is 22.9 Å². The van der Waals surface area contributed by atoms with Crippen molar-refractivity contribution in [1.82, 2.24) is 14.9 Å². The molecule has 0 saturated heterocycles. The second-order valence-electron chi connectivity index (χ2n) is 7.50. The van der Waals surface area contributed by atoms with Crippen LogP contribution in [0.25, 0.3) is 11.4 Å². The molecule has 2 N–H and O–H groups in total. The number of fused-ring (bicyclic) bond motifs is 1. The summed E-state index contributed by atoms with van der Waals surface area (Å²) in [5.74, 6) is -1.15. The third-order valence-corrected chi connectivity index (χ3v) is 5.35. The molecule has 32 heavy (non-hydrogen) atoms. The highest BCUT2D eigenvalue weighted by Crippen LogP contribution is 2.32. The normalized spacial score (nSPS) is 14.3. The minimum Gasteiger partial charge on any atom is -0.502 e. The number of hydrogen-bond acceptors (Lipinski definition) is 5. The number of alkyl halides is 3. The Bertz CT molecular complexity index is 1210. The third kappa shape index (κ3) is 4.31. The number of nitrogens with zero attached hydrogens (tertiary/aromatic N) is 2. The minimum atomic E-state index is -4.45. The van der Waals surface area contributed by atoms with Gasteiger partial charge in [-0.25, -0.2) is 9.37 Å². The standard InChI is InChI=1S/C22H19F4N3O3/c1-32-18-9-12(8-16(23)19(18)30)10-29-7-6-15-17(11-29)27-20(28-21(15)31)13-2-4-14(5-3-13)22(24,25)26/h2-5,8-9,30H,6-7,10-11H2,1H3,(H,27,28,31). The van der Waals surface area contributed by atoms with Crippen molar-refractivity contribution < 1.29 is 27.4 Å². The minimum absolute atomic E-state index is 0.0246. The number of ether oxygens (including phenoxy) is 1. The van der Waals surface area contributed by atoms with Crippen molar-refractivity contribution in [1.29, 1.82) is 0 Å². The lowest BCUT2D eigenvalue weighted by atomic mass is 10.0. The first-order valence-electron chi connectivity index (χ1n) is 9.73. The molecule has 0 unspecified atom stereocenters. The zero-order chi connectivity index (χ0) is 23.0. The Kier molecular flexibility index (Phi) is 5.64. The van der Waals surface area contributed by atoms with E-state index in [1.807, 2.05) is 4.90 Å². The lowest BCUT2D eigenvalue weighted by molar-refractivity contribution is -0.137. The third-order valence-electron chi connectivity index (χ3n) is 5.35. The number of aromatic hydroxyl groups is 1. The van der Waals surface area contributed by atoms with E-state index in [0.29, 0.717) is 48.4 Å². The van der Waals surface area contributed by atoms with E-state index in [9.17, 15) is 27.5 Å². The number of hydrogen-bond donors (Lipinski definition) is 2. The summed E-state index contributed by atoms with van der Waals surface area (Å²) in [7, 11) is 1.33. The molecule has 168 valence electrons. The Morgan fingerprint density at radius 2 is 1.94 bits per heavy atom. The Balaban J connectivity index is 1.59. The quantitative estimate of drug-likeness (QED) is 0.592. The molecule has 0 amide bonds. The van der Waals surface area contributed by atoms with Crippen LogP contribution in [0, 0.1) is 5.82 Å². The summed E-state index contributed by atoms with van der Waals surface area (Å²) in [5, 5.41) is 9.66. The maximum absolute atomic E-state index is 13.9. The summed E-state index contributed by atoms with van der Waals surface area (Å²) >= 11 is 0. The van der Waals surface area contributed by atoms with Crippen molar-refractivity contribution >= 4 is 0 Å². The lowest BCUT2D eigenvalue weighted by Gasteiger charge is -2.28. The highest BCUT2D eigenvalue weighted by atomic mass is 19.4. The van der Waals surface area contributed by atoms with Crippen LogP contribution in [0.15, 0.2) is 41.2 Å². The number of aromatic nitrogens is 2. The van der Waals surface area contributed by atoms with E-state index >= 15 is 0 Å². The molecule has 0 fully saturated rings. The zero-order valence-electron chi connectivity index (χ0n) is 17.0. The van der Waals surface area contributed by atoms with E-state index in [1.165, 1.54) is 31.4 Å². The van der Waals surface area contributed by atoms with Gasteiger partial charge in [0.15, 0.2) is 17.3 Å². The molecule has 1 aromatic heterocycles. The maximum Gasteiger partial charge on any atom is 0.416 e. The number of phenols is 1. The van der Waals surface area contributed by atoms with Crippen LogP contribution in [0.2, 0.25) is 0 Å². The number of halogens is 4. The van der Waals surface area contributed by atoms with Crippen molar-refractivity contribution in [3.05, 3.63) is 75.0 Å². The topological polar surface area (TPSA) is 78.5 Å². The Morgan fingerprint density at radius 3 is 2.59 bits per heavy atom. The Hall–Kier alpha value is -3.40. The molecular weight excluding hydrogens is 430 g/mol. The van der Waals surface area contributed by atoms with Crippen molar-refractivity contribution in [2.75, 3.05) is 13.7 Å². The van der Waals surface area contributed by atoms with Crippen LogP contribution >= 0.6 is 0 Å². The maximum atomic E-state index is 13.9. The van der Waals surface area contributed by atoms with Gasteiger partial charge < -0.3 is 14.8 Å². The van der Waals surface area contributed by atoms with Crippen LogP contribution in [0.4, 0.5) is 17.6 Å². The van der Waals surface area contributed by atoms with Gasteiger partial charge in [-0.05, 0) is 36.2 Å². The molecule has 4 rings (SSSR count). The van der Waals surface area contributed by atoms with E-state index in [4.69, 9.17) is 4.74 Å².